The molecule has 1 aromatic carbocycles. The molecule has 1 amide bonds. The Morgan fingerprint density at radius 1 is 1.35 bits per heavy atom. The molecule has 1 aromatic heterocycles. The van der Waals surface area contributed by atoms with Crippen LogP contribution in [0.5, 0.6) is 5.75 Å². The average molecular weight is 273 g/mol. The van der Waals surface area contributed by atoms with E-state index in [9.17, 15) is 9.59 Å². The summed E-state index contributed by atoms with van der Waals surface area (Å²) in [7, 11) is 0. The highest BCUT2D eigenvalue weighted by molar-refractivity contribution is 5.77. The number of aromatic amines is 1. The molecule has 0 atom stereocenters. The third kappa shape index (κ3) is 4.24. The standard InChI is InChI=1S/C14H15N3O3/c18-8-11-1-3-13(4-2-11)20-9-14(19)16-6-5-12-7-15-10-17-12/h1-4,7-8,10H,5-6,9H2,(H,15,17)(H,16,19). The van der Waals surface area contributed by atoms with Gasteiger partial charge in [-0.15, -0.1) is 0 Å². The molecule has 0 aliphatic rings. The molecule has 1 heterocycles. The van der Waals surface area contributed by atoms with E-state index in [-0.39, 0.29) is 12.5 Å². The molecule has 6 nitrogen and oxygen atoms in total. The molecule has 0 radical (unpaired) electrons. The molecule has 2 aromatic rings. The maximum Gasteiger partial charge on any atom is 0.257 e. The monoisotopic (exact) mass is 273 g/mol. The van der Waals surface area contributed by atoms with Crippen LogP contribution in [0.15, 0.2) is 36.8 Å². The van der Waals surface area contributed by atoms with E-state index in [0.717, 1.165) is 12.0 Å². The second-order valence-corrected chi connectivity index (χ2v) is 4.14. The maximum atomic E-state index is 11.5. The van der Waals surface area contributed by atoms with Crippen LogP contribution >= 0.6 is 0 Å². The number of benzene rings is 1. The fourth-order valence-electron chi connectivity index (χ4n) is 1.60. The SMILES string of the molecule is O=Cc1ccc(OCC(=O)NCCc2c[nH]cn2)cc1. The van der Waals surface area contributed by atoms with Gasteiger partial charge in [-0.2, -0.15) is 0 Å². The lowest BCUT2D eigenvalue weighted by molar-refractivity contribution is -0.123. The Morgan fingerprint density at radius 3 is 2.80 bits per heavy atom. The number of nitrogens with zero attached hydrogens (tertiary/aromatic N) is 1. The third-order valence-electron chi connectivity index (χ3n) is 2.64. The molecule has 2 rings (SSSR count). The van der Waals surface area contributed by atoms with Gasteiger partial charge in [-0.05, 0) is 24.3 Å². The lowest BCUT2D eigenvalue weighted by atomic mass is 10.2. The van der Waals surface area contributed by atoms with Gasteiger partial charge in [0.1, 0.15) is 12.0 Å². The number of carbonyl (C=O) groups excluding carboxylic acids is 2. The van der Waals surface area contributed by atoms with Gasteiger partial charge in [-0.1, -0.05) is 0 Å². The number of hydrogen-bond donors (Lipinski definition) is 2. The normalized spacial score (nSPS) is 10.0. The Balaban J connectivity index is 1.67. The Bertz CT molecular complexity index is 550. The molecule has 0 bridgehead atoms. The maximum absolute atomic E-state index is 11.5. The molecule has 20 heavy (non-hydrogen) atoms. The zero-order valence-electron chi connectivity index (χ0n) is 10.8. The highest BCUT2D eigenvalue weighted by atomic mass is 16.5. The second-order valence-electron chi connectivity index (χ2n) is 4.14. The van der Waals surface area contributed by atoms with Crippen LogP contribution in [0, 0.1) is 0 Å². The summed E-state index contributed by atoms with van der Waals surface area (Å²) >= 11 is 0. The number of rotatable bonds is 7. The number of H-pyrrole nitrogens is 1. The molecule has 0 fully saturated rings. The smallest absolute Gasteiger partial charge is 0.257 e. The summed E-state index contributed by atoms with van der Waals surface area (Å²) in [6.07, 6.45) is 4.81. The summed E-state index contributed by atoms with van der Waals surface area (Å²) < 4.78 is 5.31. The number of amides is 1. The molecule has 0 aliphatic carbocycles. The summed E-state index contributed by atoms with van der Waals surface area (Å²) in [4.78, 5) is 28.9. The van der Waals surface area contributed by atoms with Crippen LogP contribution in [-0.4, -0.2) is 35.3 Å². The summed E-state index contributed by atoms with van der Waals surface area (Å²) in [5.74, 6) is 0.359. The number of carbonyl (C=O) groups is 2. The number of ether oxygens (including phenoxy) is 1. The van der Waals surface area contributed by atoms with E-state index in [4.69, 9.17) is 4.74 Å². The average Bonchev–Trinajstić information content (AvgIpc) is 2.99. The van der Waals surface area contributed by atoms with Gasteiger partial charge in [-0.25, -0.2) is 4.98 Å². The van der Waals surface area contributed by atoms with Crippen LogP contribution in [0.1, 0.15) is 16.1 Å². The summed E-state index contributed by atoms with van der Waals surface area (Å²) in [5, 5.41) is 2.74. The van der Waals surface area contributed by atoms with E-state index in [2.05, 4.69) is 15.3 Å². The molecule has 6 heteroatoms. The number of hydrogen-bond acceptors (Lipinski definition) is 4. The highest BCUT2D eigenvalue weighted by Gasteiger charge is 2.03. The van der Waals surface area contributed by atoms with Crippen molar-refractivity contribution in [3.05, 3.63) is 48.0 Å². The van der Waals surface area contributed by atoms with Gasteiger partial charge in [0.05, 0.1) is 12.0 Å². The van der Waals surface area contributed by atoms with Gasteiger partial charge in [-0.3, -0.25) is 9.59 Å². The van der Waals surface area contributed by atoms with E-state index in [1.807, 2.05) is 0 Å². The molecular weight excluding hydrogens is 258 g/mol. The Morgan fingerprint density at radius 2 is 2.15 bits per heavy atom. The first-order chi connectivity index (χ1) is 9.78. The highest BCUT2D eigenvalue weighted by Crippen LogP contribution is 2.10. The quantitative estimate of drug-likeness (QED) is 0.736. The first kappa shape index (κ1) is 13.8. The largest absolute Gasteiger partial charge is 0.484 e. The second kappa shape index (κ2) is 7.08. The van der Waals surface area contributed by atoms with Crippen LogP contribution < -0.4 is 10.1 Å². The summed E-state index contributed by atoms with van der Waals surface area (Å²) in [6, 6.07) is 6.58. The number of imidazole rings is 1. The predicted molar refractivity (Wildman–Crippen MR) is 72.6 cm³/mol. The Kier molecular flexibility index (Phi) is 4.88. The third-order valence-corrected chi connectivity index (χ3v) is 2.64. The molecule has 0 spiro atoms. The van der Waals surface area contributed by atoms with Crippen molar-refractivity contribution in [3.63, 3.8) is 0 Å². The Labute approximate surface area is 116 Å². The van der Waals surface area contributed by atoms with Crippen LogP contribution in [0.2, 0.25) is 0 Å². The van der Waals surface area contributed by atoms with Gasteiger partial charge >= 0.3 is 0 Å². The summed E-state index contributed by atoms with van der Waals surface area (Å²) in [5.41, 5.74) is 1.47. The van der Waals surface area contributed by atoms with E-state index in [1.165, 1.54) is 0 Å². The first-order valence-corrected chi connectivity index (χ1v) is 6.20. The van der Waals surface area contributed by atoms with Crippen LogP contribution in [0.3, 0.4) is 0 Å². The molecular formula is C14H15N3O3. The van der Waals surface area contributed by atoms with Crippen molar-refractivity contribution in [1.29, 1.82) is 0 Å². The fourth-order valence-corrected chi connectivity index (χ4v) is 1.60. The van der Waals surface area contributed by atoms with Crippen molar-refractivity contribution in [2.24, 2.45) is 0 Å². The molecule has 104 valence electrons. The van der Waals surface area contributed by atoms with E-state index in [0.29, 0.717) is 24.3 Å². The van der Waals surface area contributed by atoms with Crippen molar-refractivity contribution < 1.29 is 14.3 Å². The van der Waals surface area contributed by atoms with Crippen LogP contribution in [-0.2, 0) is 11.2 Å². The lowest BCUT2D eigenvalue weighted by Gasteiger charge is -2.07. The molecule has 0 saturated carbocycles. The number of aldehydes is 1. The lowest BCUT2D eigenvalue weighted by Crippen LogP contribution is -2.30. The number of aromatic nitrogens is 2. The minimum atomic E-state index is -0.194. The van der Waals surface area contributed by atoms with Gasteiger partial charge in [0.2, 0.25) is 0 Å². The van der Waals surface area contributed by atoms with E-state index >= 15 is 0 Å². The zero-order valence-corrected chi connectivity index (χ0v) is 10.8. The van der Waals surface area contributed by atoms with Crippen molar-refractivity contribution in [2.45, 2.75) is 6.42 Å². The minimum absolute atomic E-state index is 0.0546. The first-order valence-electron chi connectivity index (χ1n) is 6.20. The van der Waals surface area contributed by atoms with Gasteiger partial charge < -0.3 is 15.0 Å². The van der Waals surface area contributed by atoms with E-state index in [1.54, 1.807) is 36.8 Å². The van der Waals surface area contributed by atoms with E-state index < -0.39 is 0 Å². The van der Waals surface area contributed by atoms with Gasteiger partial charge in [0.15, 0.2) is 6.61 Å². The predicted octanol–water partition coefficient (Wildman–Crippen LogP) is 0.960. The molecule has 0 unspecified atom stereocenters. The summed E-state index contributed by atoms with van der Waals surface area (Å²) in [6.45, 7) is 0.456. The molecule has 2 N–H and O–H groups in total. The molecule has 0 saturated heterocycles. The fraction of sp³-hybridized carbons (Fsp3) is 0.214. The van der Waals surface area contributed by atoms with Gasteiger partial charge in [0.25, 0.3) is 5.91 Å². The Hall–Kier alpha value is -2.63. The topological polar surface area (TPSA) is 84.1 Å². The number of nitrogens with one attached hydrogen (secondary N) is 2. The zero-order chi connectivity index (χ0) is 14.2. The molecule has 0 aliphatic heterocycles. The van der Waals surface area contributed by atoms with Crippen molar-refractivity contribution in [3.8, 4) is 5.75 Å². The van der Waals surface area contributed by atoms with Gasteiger partial charge in [0, 0.05) is 24.7 Å². The van der Waals surface area contributed by atoms with Crippen LogP contribution in [0.4, 0.5) is 0 Å². The minimum Gasteiger partial charge on any atom is -0.484 e. The van der Waals surface area contributed by atoms with Crippen molar-refractivity contribution in [1.82, 2.24) is 15.3 Å². The van der Waals surface area contributed by atoms with Crippen LogP contribution in [0.25, 0.3) is 0 Å². The van der Waals surface area contributed by atoms with Crippen molar-refractivity contribution >= 4 is 12.2 Å². The van der Waals surface area contributed by atoms with Crippen molar-refractivity contribution in [2.75, 3.05) is 13.2 Å².